The van der Waals surface area contributed by atoms with E-state index in [0.29, 0.717) is 0 Å². The fourth-order valence-corrected chi connectivity index (χ4v) is 2.38. The quantitative estimate of drug-likeness (QED) is 0.754. The lowest BCUT2D eigenvalue weighted by molar-refractivity contribution is 0.237. The Morgan fingerprint density at radius 1 is 1.22 bits per heavy atom. The van der Waals surface area contributed by atoms with Gasteiger partial charge in [-0.1, -0.05) is 12.1 Å². The molecule has 2 rings (SSSR count). The summed E-state index contributed by atoms with van der Waals surface area (Å²) in [6, 6.07) is 8.59. The van der Waals surface area contributed by atoms with Crippen LogP contribution in [-0.4, -0.2) is 44.2 Å². The van der Waals surface area contributed by atoms with Gasteiger partial charge in [-0.2, -0.15) is 0 Å². The van der Waals surface area contributed by atoms with Crippen molar-refractivity contribution in [2.75, 3.05) is 44.6 Å². The summed E-state index contributed by atoms with van der Waals surface area (Å²) in [5, 5.41) is 6.88. The van der Waals surface area contributed by atoms with Crippen LogP contribution in [-0.2, 0) is 0 Å². The zero-order valence-corrected chi connectivity index (χ0v) is 11.4. The summed E-state index contributed by atoms with van der Waals surface area (Å²) in [4.78, 5) is 2.56. The third-order valence-corrected chi connectivity index (χ3v) is 3.46. The average molecular weight is 247 g/mol. The van der Waals surface area contributed by atoms with Gasteiger partial charge in [0.1, 0.15) is 0 Å². The van der Waals surface area contributed by atoms with Crippen LogP contribution in [0.25, 0.3) is 0 Å². The Bertz CT molecular complexity index is 345. The minimum Gasteiger partial charge on any atom is -0.385 e. The van der Waals surface area contributed by atoms with Crippen LogP contribution in [0.4, 0.5) is 5.69 Å². The smallest absolute Gasteiger partial charge is 0.0342 e. The second kappa shape index (κ2) is 7.39. The molecule has 0 amide bonds. The number of aryl methyl sites for hydroxylation is 1. The maximum Gasteiger partial charge on any atom is 0.0342 e. The first kappa shape index (κ1) is 13.4. The van der Waals surface area contributed by atoms with Gasteiger partial charge in [0.25, 0.3) is 0 Å². The third-order valence-electron chi connectivity index (χ3n) is 3.46. The van der Waals surface area contributed by atoms with E-state index in [1.807, 2.05) is 0 Å². The number of unbranched alkanes of at least 4 members (excludes halogenated alkanes) is 1. The highest BCUT2D eigenvalue weighted by Crippen LogP contribution is 2.09. The van der Waals surface area contributed by atoms with Gasteiger partial charge in [-0.05, 0) is 44.0 Å². The van der Waals surface area contributed by atoms with Crippen molar-refractivity contribution in [3.05, 3.63) is 29.8 Å². The van der Waals surface area contributed by atoms with Crippen molar-refractivity contribution in [1.29, 1.82) is 0 Å². The molecule has 0 atom stereocenters. The van der Waals surface area contributed by atoms with Gasteiger partial charge in [-0.15, -0.1) is 0 Å². The third kappa shape index (κ3) is 4.67. The summed E-state index contributed by atoms with van der Waals surface area (Å²) in [7, 11) is 0. The van der Waals surface area contributed by atoms with E-state index < -0.39 is 0 Å². The summed E-state index contributed by atoms with van der Waals surface area (Å²) in [6.45, 7) is 9.20. The van der Waals surface area contributed by atoms with E-state index in [9.17, 15) is 0 Å². The van der Waals surface area contributed by atoms with Gasteiger partial charge in [0.15, 0.2) is 0 Å². The molecule has 3 heteroatoms. The topological polar surface area (TPSA) is 27.3 Å². The van der Waals surface area contributed by atoms with Crippen LogP contribution in [0.1, 0.15) is 18.4 Å². The molecule has 2 N–H and O–H groups in total. The molecule has 1 aromatic rings. The monoisotopic (exact) mass is 247 g/mol. The number of rotatable bonds is 6. The van der Waals surface area contributed by atoms with Crippen molar-refractivity contribution in [3.63, 3.8) is 0 Å². The number of piperazine rings is 1. The molecule has 0 saturated carbocycles. The Labute approximate surface area is 111 Å². The molecule has 0 spiro atoms. The lowest BCUT2D eigenvalue weighted by Gasteiger charge is -2.27. The lowest BCUT2D eigenvalue weighted by Crippen LogP contribution is -2.43. The standard InChI is InChI=1S/C15H25N3/c1-14-5-4-6-15(13-14)17-7-2-3-10-18-11-8-16-9-12-18/h4-6,13,16-17H,2-3,7-12H2,1H3. The molecule has 1 aliphatic rings. The van der Waals surface area contributed by atoms with Gasteiger partial charge >= 0.3 is 0 Å². The van der Waals surface area contributed by atoms with Crippen molar-refractivity contribution < 1.29 is 0 Å². The highest BCUT2D eigenvalue weighted by Gasteiger charge is 2.07. The number of hydrogen-bond acceptors (Lipinski definition) is 3. The molecule has 0 aromatic heterocycles. The minimum absolute atomic E-state index is 1.08. The predicted octanol–water partition coefficient (Wildman–Crippen LogP) is 2.09. The second-order valence-corrected chi connectivity index (χ2v) is 5.10. The van der Waals surface area contributed by atoms with Crippen molar-refractivity contribution in [3.8, 4) is 0 Å². The molecule has 1 heterocycles. The molecule has 0 unspecified atom stereocenters. The van der Waals surface area contributed by atoms with Crippen molar-refractivity contribution >= 4 is 5.69 Å². The zero-order chi connectivity index (χ0) is 12.6. The summed E-state index contributed by atoms with van der Waals surface area (Å²) < 4.78 is 0. The molecule has 0 radical (unpaired) electrons. The molecule has 1 fully saturated rings. The number of hydrogen-bond donors (Lipinski definition) is 2. The zero-order valence-electron chi connectivity index (χ0n) is 11.4. The Hall–Kier alpha value is -1.06. The molecule has 18 heavy (non-hydrogen) atoms. The van der Waals surface area contributed by atoms with Gasteiger partial charge in [-0.25, -0.2) is 0 Å². The van der Waals surface area contributed by atoms with Crippen LogP contribution < -0.4 is 10.6 Å². The first-order valence-corrected chi connectivity index (χ1v) is 7.08. The van der Waals surface area contributed by atoms with E-state index in [1.54, 1.807) is 0 Å². The Morgan fingerprint density at radius 2 is 2.06 bits per heavy atom. The maximum absolute atomic E-state index is 3.49. The highest BCUT2D eigenvalue weighted by atomic mass is 15.2. The van der Waals surface area contributed by atoms with Crippen LogP contribution >= 0.6 is 0 Å². The molecule has 1 aromatic carbocycles. The molecule has 100 valence electrons. The van der Waals surface area contributed by atoms with Crippen LogP contribution in [0.2, 0.25) is 0 Å². The van der Waals surface area contributed by atoms with Crippen LogP contribution in [0.15, 0.2) is 24.3 Å². The van der Waals surface area contributed by atoms with E-state index in [2.05, 4.69) is 46.7 Å². The number of nitrogens with one attached hydrogen (secondary N) is 2. The molecule has 1 saturated heterocycles. The predicted molar refractivity (Wildman–Crippen MR) is 78.2 cm³/mol. The maximum atomic E-state index is 3.49. The van der Waals surface area contributed by atoms with E-state index in [0.717, 1.165) is 19.6 Å². The lowest BCUT2D eigenvalue weighted by atomic mass is 10.2. The number of anilines is 1. The Morgan fingerprint density at radius 3 is 2.83 bits per heavy atom. The number of benzene rings is 1. The van der Waals surface area contributed by atoms with E-state index in [1.165, 1.54) is 43.7 Å². The van der Waals surface area contributed by atoms with Gasteiger partial charge in [0, 0.05) is 38.4 Å². The van der Waals surface area contributed by atoms with E-state index >= 15 is 0 Å². The molecular weight excluding hydrogens is 222 g/mol. The average Bonchev–Trinajstić information content (AvgIpc) is 2.40. The molecule has 0 bridgehead atoms. The van der Waals surface area contributed by atoms with Crippen molar-refractivity contribution in [1.82, 2.24) is 10.2 Å². The van der Waals surface area contributed by atoms with Gasteiger partial charge in [0.2, 0.25) is 0 Å². The minimum atomic E-state index is 1.08. The van der Waals surface area contributed by atoms with Gasteiger partial charge in [0.05, 0.1) is 0 Å². The van der Waals surface area contributed by atoms with E-state index in [-0.39, 0.29) is 0 Å². The largest absolute Gasteiger partial charge is 0.385 e. The molecular formula is C15H25N3. The molecule has 1 aliphatic heterocycles. The fourth-order valence-electron chi connectivity index (χ4n) is 2.38. The summed E-state index contributed by atoms with van der Waals surface area (Å²) >= 11 is 0. The van der Waals surface area contributed by atoms with Crippen LogP contribution in [0, 0.1) is 6.92 Å². The van der Waals surface area contributed by atoms with Crippen molar-refractivity contribution in [2.45, 2.75) is 19.8 Å². The first-order chi connectivity index (χ1) is 8.84. The fraction of sp³-hybridized carbons (Fsp3) is 0.600. The summed E-state index contributed by atoms with van der Waals surface area (Å²) in [5.74, 6) is 0. The van der Waals surface area contributed by atoms with Gasteiger partial charge in [-0.3, -0.25) is 0 Å². The molecule has 3 nitrogen and oxygen atoms in total. The van der Waals surface area contributed by atoms with E-state index in [4.69, 9.17) is 0 Å². The first-order valence-electron chi connectivity index (χ1n) is 7.08. The van der Waals surface area contributed by atoms with Crippen LogP contribution in [0.3, 0.4) is 0 Å². The highest BCUT2D eigenvalue weighted by molar-refractivity contribution is 5.45. The number of nitrogens with zero attached hydrogens (tertiary/aromatic N) is 1. The Balaban J connectivity index is 1.55. The SMILES string of the molecule is Cc1cccc(NCCCCN2CCNCC2)c1. The van der Waals surface area contributed by atoms with Crippen molar-refractivity contribution in [2.24, 2.45) is 0 Å². The normalized spacial score (nSPS) is 16.7. The summed E-state index contributed by atoms with van der Waals surface area (Å²) in [6.07, 6.45) is 2.54. The van der Waals surface area contributed by atoms with Gasteiger partial charge < -0.3 is 15.5 Å². The Kier molecular flexibility index (Phi) is 5.49. The molecule has 0 aliphatic carbocycles. The summed E-state index contributed by atoms with van der Waals surface area (Å²) in [5.41, 5.74) is 2.57. The van der Waals surface area contributed by atoms with Crippen LogP contribution in [0.5, 0.6) is 0 Å². The second-order valence-electron chi connectivity index (χ2n) is 5.10.